The van der Waals surface area contributed by atoms with Crippen LogP contribution < -0.4 is 11.1 Å². The Kier molecular flexibility index (Phi) is 5.80. The number of anilines is 1. The number of nitrogens with one attached hydrogen (secondary N) is 1. The van der Waals surface area contributed by atoms with Crippen molar-refractivity contribution >= 4 is 34.2 Å². The van der Waals surface area contributed by atoms with Gasteiger partial charge in [-0.05, 0) is 31.7 Å². The molecule has 26 heavy (non-hydrogen) atoms. The lowest BCUT2D eigenvalue weighted by atomic mass is 9.88. The SMILES string of the molecule is CCOC(=O)N1CCc2c(sc(NC(=O)C3CCCCC3)c2C(N)=O)C1. The normalized spacial score (nSPS) is 17.5. The number of hydrogen-bond acceptors (Lipinski definition) is 5. The van der Waals surface area contributed by atoms with Crippen molar-refractivity contribution in [1.82, 2.24) is 4.90 Å². The second-order valence-electron chi connectivity index (χ2n) is 6.77. The zero-order valence-electron chi connectivity index (χ0n) is 15.0. The van der Waals surface area contributed by atoms with Crippen LogP contribution in [0.5, 0.6) is 0 Å². The van der Waals surface area contributed by atoms with Crippen molar-refractivity contribution in [1.29, 1.82) is 0 Å². The molecule has 8 heteroatoms. The van der Waals surface area contributed by atoms with E-state index in [0.717, 1.165) is 36.1 Å². The molecule has 0 aromatic carbocycles. The number of fused-ring (bicyclic) bond motifs is 1. The second kappa shape index (κ2) is 8.07. The van der Waals surface area contributed by atoms with E-state index in [1.807, 2.05) is 0 Å². The number of rotatable bonds is 4. The van der Waals surface area contributed by atoms with E-state index in [9.17, 15) is 14.4 Å². The van der Waals surface area contributed by atoms with Crippen molar-refractivity contribution in [3.05, 3.63) is 16.0 Å². The molecule has 3 N–H and O–H groups in total. The molecular formula is C18H25N3O4S. The zero-order valence-corrected chi connectivity index (χ0v) is 15.8. The van der Waals surface area contributed by atoms with E-state index < -0.39 is 5.91 Å². The molecule has 2 heterocycles. The van der Waals surface area contributed by atoms with E-state index in [-0.39, 0.29) is 17.9 Å². The molecule has 1 fully saturated rings. The Hall–Kier alpha value is -2.09. The first-order valence-corrected chi connectivity index (χ1v) is 9.99. The Morgan fingerprint density at radius 1 is 1.27 bits per heavy atom. The van der Waals surface area contributed by atoms with Gasteiger partial charge in [-0.25, -0.2) is 4.79 Å². The fraction of sp³-hybridized carbons (Fsp3) is 0.611. The number of nitrogens with zero attached hydrogens (tertiary/aromatic N) is 1. The third-order valence-corrected chi connectivity index (χ3v) is 6.17. The highest BCUT2D eigenvalue weighted by molar-refractivity contribution is 7.17. The lowest BCUT2D eigenvalue weighted by molar-refractivity contribution is -0.120. The smallest absolute Gasteiger partial charge is 0.410 e. The summed E-state index contributed by atoms with van der Waals surface area (Å²) in [4.78, 5) is 39.0. The molecule has 0 atom stereocenters. The van der Waals surface area contributed by atoms with Crippen LogP contribution in [0, 0.1) is 5.92 Å². The van der Waals surface area contributed by atoms with Crippen molar-refractivity contribution in [3.63, 3.8) is 0 Å². The predicted molar refractivity (Wildman–Crippen MR) is 99.2 cm³/mol. The molecule has 0 unspecified atom stereocenters. The largest absolute Gasteiger partial charge is 0.450 e. The first kappa shape index (κ1) is 18.7. The molecule has 1 aromatic heterocycles. The molecule has 3 amide bonds. The predicted octanol–water partition coefficient (Wildman–Crippen LogP) is 2.88. The van der Waals surface area contributed by atoms with Crippen molar-refractivity contribution in [2.75, 3.05) is 18.5 Å². The van der Waals surface area contributed by atoms with Crippen molar-refractivity contribution < 1.29 is 19.1 Å². The van der Waals surface area contributed by atoms with E-state index in [0.29, 0.717) is 36.7 Å². The number of carbonyl (C=O) groups excluding carboxylic acids is 3. The van der Waals surface area contributed by atoms with Gasteiger partial charge >= 0.3 is 6.09 Å². The molecule has 1 saturated carbocycles. The van der Waals surface area contributed by atoms with Gasteiger partial charge in [-0.15, -0.1) is 11.3 Å². The van der Waals surface area contributed by atoms with Crippen LogP contribution in [0.3, 0.4) is 0 Å². The van der Waals surface area contributed by atoms with Gasteiger partial charge in [0.05, 0.1) is 18.7 Å². The Bertz CT molecular complexity index is 710. The Labute approximate surface area is 156 Å². The van der Waals surface area contributed by atoms with Crippen LogP contribution >= 0.6 is 11.3 Å². The highest BCUT2D eigenvalue weighted by Crippen LogP contribution is 2.38. The minimum atomic E-state index is -0.536. The van der Waals surface area contributed by atoms with Crippen molar-refractivity contribution in [2.24, 2.45) is 11.7 Å². The van der Waals surface area contributed by atoms with Gasteiger partial charge in [-0.1, -0.05) is 19.3 Å². The summed E-state index contributed by atoms with van der Waals surface area (Å²) in [6.07, 6.45) is 5.25. The lowest BCUT2D eigenvalue weighted by Gasteiger charge is -2.26. The summed E-state index contributed by atoms with van der Waals surface area (Å²) in [5, 5.41) is 3.45. The second-order valence-corrected chi connectivity index (χ2v) is 7.87. The Balaban J connectivity index is 1.80. The highest BCUT2D eigenvalue weighted by atomic mass is 32.1. The topological polar surface area (TPSA) is 102 Å². The number of thiophene rings is 1. The summed E-state index contributed by atoms with van der Waals surface area (Å²) in [6.45, 7) is 2.93. The lowest BCUT2D eigenvalue weighted by Crippen LogP contribution is -2.36. The summed E-state index contributed by atoms with van der Waals surface area (Å²) in [5.74, 6) is -0.571. The van der Waals surface area contributed by atoms with Gasteiger partial charge in [0.2, 0.25) is 5.91 Å². The van der Waals surface area contributed by atoms with E-state index in [1.165, 1.54) is 17.8 Å². The maximum Gasteiger partial charge on any atom is 0.410 e. The monoisotopic (exact) mass is 379 g/mol. The molecule has 0 bridgehead atoms. The van der Waals surface area contributed by atoms with Gasteiger partial charge in [0.15, 0.2) is 0 Å². The van der Waals surface area contributed by atoms with Crippen molar-refractivity contribution in [2.45, 2.75) is 52.0 Å². The van der Waals surface area contributed by atoms with Crippen LogP contribution in [-0.2, 0) is 22.5 Å². The van der Waals surface area contributed by atoms with E-state index in [1.54, 1.807) is 11.8 Å². The van der Waals surface area contributed by atoms with Crippen LogP contribution in [0.25, 0.3) is 0 Å². The molecule has 1 aliphatic heterocycles. The quantitative estimate of drug-likeness (QED) is 0.840. The summed E-state index contributed by atoms with van der Waals surface area (Å²) in [5.41, 5.74) is 6.84. The number of amides is 3. The van der Waals surface area contributed by atoms with Crippen LogP contribution in [0.4, 0.5) is 9.80 Å². The first-order chi connectivity index (χ1) is 12.5. The van der Waals surface area contributed by atoms with Crippen LogP contribution in [0.15, 0.2) is 0 Å². The summed E-state index contributed by atoms with van der Waals surface area (Å²) in [6, 6.07) is 0. The van der Waals surface area contributed by atoms with Gasteiger partial charge in [0.25, 0.3) is 5.91 Å². The standard InChI is InChI=1S/C18H25N3O4S/c1-2-25-18(24)21-9-8-12-13(10-21)26-17(14(12)15(19)22)20-16(23)11-6-4-3-5-7-11/h11H,2-10H2,1H3,(H2,19,22)(H,20,23). The van der Waals surface area contributed by atoms with E-state index >= 15 is 0 Å². The molecule has 142 valence electrons. The number of ether oxygens (including phenoxy) is 1. The third kappa shape index (κ3) is 3.85. The van der Waals surface area contributed by atoms with E-state index in [2.05, 4.69) is 5.32 Å². The van der Waals surface area contributed by atoms with Crippen LogP contribution in [0.2, 0.25) is 0 Å². The van der Waals surface area contributed by atoms with Crippen LogP contribution in [-0.4, -0.2) is 36.0 Å². The fourth-order valence-electron chi connectivity index (χ4n) is 3.70. The number of primary amides is 1. The molecule has 7 nitrogen and oxygen atoms in total. The molecule has 0 spiro atoms. The molecule has 0 radical (unpaired) electrons. The minimum Gasteiger partial charge on any atom is -0.450 e. The number of hydrogen-bond donors (Lipinski definition) is 2. The summed E-state index contributed by atoms with van der Waals surface area (Å²) < 4.78 is 5.06. The summed E-state index contributed by atoms with van der Waals surface area (Å²) >= 11 is 1.34. The minimum absolute atomic E-state index is 0.000338. The van der Waals surface area contributed by atoms with Gasteiger partial charge in [0.1, 0.15) is 5.00 Å². The maximum absolute atomic E-state index is 12.6. The number of nitrogens with two attached hydrogens (primary N) is 1. The highest BCUT2D eigenvalue weighted by Gasteiger charge is 2.31. The molecule has 2 aliphatic rings. The fourth-order valence-corrected chi connectivity index (χ4v) is 4.97. The zero-order chi connectivity index (χ0) is 18.7. The van der Waals surface area contributed by atoms with Gasteiger partial charge in [0, 0.05) is 17.3 Å². The molecule has 0 saturated heterocycles. The third-order valence-electron chi connectivity index (χ3n) is 5.04. The average Bonchev–Trinajstić information content (AvgIpc) is 2.99. The molecule has 1 aliphatic carbocycles. The first-order valence-electron chi connectivity index (χ1n) is 9.18. The van der Waals surface area contributed by atoms with Crippen molar-refractivity contribution in [3.8, 4) is 0 Å². The molecular weight excluding hydrogens is 354 g/mol. The van der Waals surface area contributed by atoms with Gasteiger partial charge in [-0.2, -0.15) is 0 Å². The maximum atomic E-state index is 12.6. The molecule has 3 rings (SSSR count). The average molecular weight is 379 g/mol. The number of carbonyl (C=O) groups is 3. The van der Waals surface area contributed by atoms with Gasteiger partial charge < -0.3 is 20.7 Å². The van der Waals surface area contributed by atoms with E-state index in [4.69, 9.17) is 10.5 Å². The molecule has 1 aromatic rings. The van der Waals surface area contributed by atoms with Crippen LogP contribution in [0.1, 0.15) is 59.8 Å². The van der Waals surface area contributed by atoms with Gasteiger partial charge in [-0.3, -0.25) is 9.59 Å². The summed E-state index contributed by atoms with van der Waals surface area (Å²) in [7, 11) is 0. The Morgan fingerprint density at radius 3 is 2.65 bits per heavy atom. The Morgan fingerprint density at radius 2 is 2.00 bits per heavy atom.